The molecule has 3 unspecified atom stereocenters. The quantitative estimate of drug-likeness (QED) is 0.793. The SMILES string of the molecule is CCCC(C)(C)NC(=O)C1CC(C)CC1C(=O)O. The van der Waals surface area contributed by atoms with Gasteiger partial charge in [0.2, 0.25) is 5.91 Å². The van der Waals surface area contributed by atoms with E-state index in [0.29, 0.717) is 18.8 Å². The first-order valence-electron chi connectivity index (χ1n) is 6.81. The summed E-state index contributed by atoms with van der Waals surface area (Å²) in [6.45, 7) is 8.07. The molecule has 4 nitrogen and oxygen atoms in total. The minimum atomic E-state index is -0.840. The highest BCUT2D eigenvalue weighted by molar-refractivity contribution is 5.85. The fourth-order valence-electron chi connectivity index (χ4n) is 2.97. The van der Waals surface area contributed by atoms with E-state index in [1.807, 2.05) is 20.8 Å². The molecule has 1 aliphatic carbocycles. The van der Waals surface area contributed by atoms with Gasteiger partial charge in [0.15, 0.2) is 0 Å². The Hall–Kier alpha value is -1.06. The fourth-order valence-corrected chi connectivity index (χ4v) is 2.97. The number of amides is 1. The van der Waals surface area contributed by atoms with Crippen molar-refractivity contribution in [2.24, 2.45) is 17.8 Å². The molecule has 3 atom stereocenters. The fraction of sp³-hybridized carbons (Fsp3) is 0.857. The maximum absolute atomic E-state index is 12.2. The second kappa shape index (κ2) is 5.72. The summed E-state index contributed by atoms with van der Waals surface area (Å²) >= 11 is 0. The Balaban J connectivity index is 2.68. The molecule has 0 aromatic rings. The highest BCUT2D eigenvalue weighted by atomic mass is 16.4. The van der Waals surface area contributed by atoms with Gasteiger partial charge in [-0.15, -0.1) is 0 Å². The molecule has 104 valence electrons. The van der Waals surface area contributed by atoms with Crippen LogP contribution in [0.5, 0.6) is 0 Å². The minimum Gasteiger partial charge on any atom is -0.481 e. The average Bonchev–Trinajstić information content (AvgIpc) is 2.59. The summed E-state index contributed by atoms with van der Waals surface area (Å²) in [6.07, 6.45) is 3.20. The van der Waals surface area contributed by atoms with E-state index in [1.165, 1.54) is 0 Å². The Morgan fingerprint density at radius 2 is 1.83 bits per heavy atom. The van der Waals surface area contributed by atoms with Crippen LogP contribution in [0.2, 0.25) is 0 Å². The molecular weight excluding hydrogens is 230 g/mol. The van der Waals surface area contributed by atoms with Gasteiger partial charge in [-0.05, 0) is 39.0 Å². The number of carboxylic acids is 1. The summed E-state index contributed by atoms with van der Waals surface area (Å²) in [7, 11) is 0. The summed E-state index contributed by atoms with van der Waals surface area (Å²) in [6, 6.07) is 0. The van der Waals surface area contributed by atoms with Gasteiger partial charge in [0.25, 0.3) is 0 Å². The number of hydrogen-bond acceptors (Lipinski definition) is 2. The third-order valence-corrected chi connectivity index (χ3v) is 3.79. The molecule has 0 aromatic carbocycles. The molecule has 0 aromatic heterocycles. The first-order chi connectivity index (χ1) is 8.26. The maximum Gasteiger partial charge on any atom is 0.307 e. The molecule has 0 saturated heterocycles. The van der Waals surface area contributed by atoms with Crippen molar-refractivity contribution in [2.45, 2.75) is 58.9 Å². The molecule has 0 aliphatic heterocycles. The maximum atomic E-state index is 12.2. The molecule has 0 bridgehead atoms. The van der Waals surface area contributed by atoms with Gasteiger partial charge in [-0.3, -0.25) is 9.59 Å². The zero-order valence-corrected chi connectivity index (χ0v) is 11.8. The topological polar surface area (TPSA) is 66.4 Å². The highest BCUT2D eigenvalue weighted by Gasteiger charge is 2.42. The predicted molar refractivity (Wildman–Crippen MR) is 70.1 cm³/mol. The lowest BCUT2D eigenvalue weighted by Crippen LogP contribution is -2.47. The number of carbonyl (C=O) groups is 2. The predicted octanol–water partition coefficient (Wildman–Crippen LogP) is 2.43. The van der Waals surface area contributed by atoms with Crippen molar-refractivity contribution in [2.75, 3.05) is 0 Å². The largest absolute Gasteiger partial charge is 0.481 e. The molecule has 0 radical (unpaired) electrons. The van der Waals surface area contributed by atoms with Crippen LogP contribution in [0.15, 0.2) is 0 Å². The molecule has 1 aliphatic rings. The van der Waals surface area contributed by atoms with Crippen LogP contribution in [0.4, 0.5) is 0 Å². The first-order valence-corrected chi connectivity index (χ1v) is 6.81. The van der Waals surface area contributed by atoms with Crippen LogP contribution in [-0.2, 0) is 9.59 Å². The number of carbonyl (C=O) groups excluding carboxylic acids is 1. The second-order valence-electron chi connectivity index (χ2n) is 6.25. The van der Waals surface area contributed by atoms with Crippen molar-refractivity contribution in [1.29, 1.82) is 0 Å². The van der Waals surface area contributed by atoms with Crippen LogP contribution in [0.3, 0.4) is 0 Å². The molecule has 0 spiro atoms. The Morgan fingerprint density at radius 3 is 2.33 bits per heavy atom. The highest BCUT2D eigenvalue weighted by Crippen LogP contribution is 2.36. The number of rotatable bonds is 5. The molecule has 1 amide bonds. The lowest BCUT2D eigenvalue weighted by atomic mass is 9.92. The molecule has 2 N–H and O–H groups in total. The second-order valence-corrected chi connectivity index (χ2v) is 6.25. The Labute approximate surface area is 109 Å². The molecule has 0 heterocycles. The molecule has 4 heteroatoms. The Kier molecular flexibility index (Phi) is 4.77. The number of nitrogens with one attached hydrogen (secondary N) is 1. The number of aliphatic carboxylic acids is 1. The minimum absolute atomic E-state index is 0.0924. The van der Waals surface area contributed by atoms with Crippen molar-refractivity contribution >= 4 is 11.9 Å². The van der Waals surface area contributed by atoms with Crippen molar-refractivity contribution in [3.63, 3.8) is 0 Å². The Morgan fingerprint density at radius 1 is 1.28 bits per heavy atom. The zero-order valence-electron chi connectivity index (χ0n) is 11.8. The van der Waals surface area contributed by atoms with Gasteiger partial charge in [0.1, 0.15) is 0 Å². The van der Waals surface area contributed by atoms with Gasteiger partial charge < -0.3 is 10.4 Å². The lowest BCUT2D eigenvalue weighted by molar-refractivity contribution is -0.146. The molecular formula is C14H25NO3. The van der Waals surface area contributed by atoms with E-state index in [9.17, 15) is 14.7 Å². The van der Waals surface area contributed by atoms with Crippen molar-refractivity contribution in [1.82, 2.24) is 5.32 Å². The standard InChI is InChI=1S/C14H25NO3/c1-5-6-14(3,4)15-12(16)10-7-9(2)8-11(10)13(17)18/h9-11H,5-8H2,1-4H3,(H,15,16)(H,17,18). The van der Waals surface area contributed by atoms with Crippen LogP contribution in [-0.4, -0.2) is 22.5 Å². The number of carboxylic acid groups (broad SMARTS) is 1. The van der Waals surface area contributed by atoms with Crippen LogP contribution < -0.4 is 5.32 Å². The van der Waals surface area contributed by atoms with Crippen LogP contribution in [0.1, 0.15) is 53.4 Å². The van der Waals surface area contributed by atoms with E-state index in [-0.39, 0.29) is 17.4 Å². The number of hydrogen-bond donors (Lipinski definition) is 2. The van der Waals surface area contributed by atoms with E-state index >= 15 is 0 Å². The van der Waals surface area contributed by atoms with Gasteiger partial charge in [-0.25, -0.2) is 0 Å². The summed E-state index contributed by atoms with van der Waals surface area (Å²) in [4.78, 5) is 23.4. The van der Waals surface area contributed by atoms with E-state index < -0.39 is 11.9 Å². The van der Waals surface area contributed by atoms with Crippen molar-refractivity contribution in [3.8, 4) is 0 Å². The van der Waals surface area contributed by atoms with Crippen LogP contribution >= 0.6 is 0 Å². The van der Waals surface area contributed by atoms with Gasteiger partial charge in [0, 0.05) is 5.54 Å². The lowest BCUT2D eigenvalue weighted by Gasteiger charge is -2.28. The molecule has 1 fully saturated rings. The molecule has 18 heavy (non-hydrogen) atoms. The zero-order chi connectivity index (χ0) is 13.9. The summed E-state index contributed by atoms with van der Waals surface area (Å²) in [5, 5.41) is 12.2. The van der Waals surface area contributed by atoms with Gasteiger partial charge in [-0.1, -0.05) is 20.3 Å². The monoisotopic (exact) mass is 255 g/mol. The summed E-state index contributed by atoms with van der Waals surface area (Å²) in [5.41, 5.74) is -0.249. The third-order valence-electron chi connectivity index (χ3n) is 3.79. The van der Waals surface area contributed by atoms with E-state index in [4.69, 9.17) is 0 Å². The van der Waals surface area contributed by atoms with Crippen molar-refractivity contribution < 1.29 is 14.7 Å². The van der Waals surface area contributed by atoms with E-state index in [2.05, 4.69) is 12.2 Å². The van der Waals surface area contributed by atoms with E-state index in [0.717, 1.165) is 12.8 Å². The smallest absolute Gasteiger partial charge is 0.307 e. The van der Waals surface area contributed by atoms with Crippen molar-refractivity contribution in [3.05, 3.63) is 0 Å². The molecule has 1 rings (SSSR count). The average molecular weight is 255 g/mol. The van der Waals surface area contributed by atoms with Crippen LogP contribution in [0, 0.1) is 17.8 Å². The first kappa shape index (κ1) is 15.0. The van der Waals surface area contributed by atoms with E-state index in [1.54, 1.807) is 0 Å². The normalized spacial score (nSPS) is 28.1. The summed E-state index contributed by atoms with van der Waals surface area (Å²) in [5.74, 6) is -1.50. The van der Waals surface area contributed by atoms with Gasteiger partial charge in [0.05, 0.1) is 11.8 Å². The van der Waals surface area contributed by atoms with Gasteiger partial charge in [-0.2, -0.15) is 0 Å². The molecule has 1 saturated carbocycles. The third kappa shape index (κ3) is 3.72. The summed E-state index contributed by atoms with van der Waals surface area (Å²) < 4.78 is 0. The van der Waals surface area contributed by atoms with Crippen LogP contribution in [0.25, 0.3) is 0 Å². The Bertz CT molecular complexity index is 325. The van der Waals surface area contributed by atoms with Gasteiger partial charge >= 0.3 is 5.97 Å².